The van der Waals surface area contributed by atoms with Crippen LogP contribution in [0.2, 0.25) is 0 Å². The normalized spacial score (nSPS) is 22.2. The first-order chi connectivity index (χ1) is 8.99. The molecule has 6 heteroatoms. The van der Waals surface area contributed by atoms with Crippen molar-refractivity contribution in [3.8, 4) is 5.75 Å². The van der Waals surface area contributed by atoms with Gasteiger partial charge in [0.25, 0.3) is 5.91 Å². The zero-order chi connectivity index (χ0) is 14.0. The number of hydrogen-bond acceptors (Lipinski definition) is 4. The zero-order valence-electron chi connectivity index (χ0n) is 10.4. The lowest BCUT2D eigenvalue weighted by atomic mass is 10.0. The molecule has 1 aliphatic rings. The lowest BCUT2D eigenvalue weighted by molar-refractivity contribution is -0.126. The molecule has 1 heterocycles. The van der Waals surface area contributed by atoms with E-state index >= 15 is 0 Å². The molecule has 1 saturated heterocycles. The third-order valence-corrected chi connectivity index (χ3v) is 3.15. The number of carbonyl (C=O) groups excluding carboxylic acids is 1. The summed E-state index contributed by atoms with van der Waals surface area (Å²) in [5, 5.41) is 21.0. The van der Waals surface area contributed by atoms with Crippen LogP contribution in [0.1, 0.15) is 23.7 Å². The van der Waals surface area contributed by atoms with Crippen LogP contribution in [0.5, 0.6) is 5.75 Å². The molecule has 3 N–H and O–H groups in total. The number of phenols is 1. The third-order valence-electron chi connectivity index (χ3n) is 3.15. The molecule has 1 fully saturated rings. The van der Waals surface area contributed by atoms with Crippen molar-refractivity contribution >= 4 is 17.6 Å². The molecule has 1 aromatic carbocycles. The van der Waals surface area contributed by atoms with Gasteiger partial charge in [-0.1, -0.05) is 6.92 Å². The van der Waals surface area contributed by atoms with Gasteiger partial charge >= 0.3 is 5.97 Å². The SMILES string of the molecule is CC1CCOC1C(=O)Nc1ccc(C(=O)O)cc1O. The summed E-state index contributed by atoms with van der Waals surface area (Å²) in [4.78, 5) is 22.7. The number of amides is 1. The highest BCUT2D eigenvalue weighted by atomic mass is 16.5. The van der Waals surface area contributed by atoms with Crippen molar-refractivity contribution in [2.75, 3.05) is 11.9 Å². The Labute approximate surface area is 110 Å². The fourth-order valence-corrected chi connectivity index (χ4v) is 2.00. The third kappa shape index (κ3) is 2.85. The molecule has 102 valence electrons. The second-order valence-corrected chi connectivity index (χ2v) is 4.58. The number of nitrogens with one attached hydrogen (secondary N) is 1. The first-order valence-electron chi connectivity index (χ1n) is 5.98. The summed E-state index contributed by atoms with van der Waals surface area (Å²) in [6.45, 7) is 2.47. The van der Waals surface area contributed by atoms with Gasteiger partial charge in [0.2, 0.25) is 0 Å². The second-order valence-electron chi connectivity index (χ2n) is 4.58. The Morgan fingerprint density at radius 2 is 2.16 bits per heavy atom. The van der Waals surface area contributed by atoms with Crippen molar-refractivity contribution in [2.24, 2.45) is 5.92 Å². The van der Waals surface area contributed by atoms with Crippen LogP contribution < -0.4 is 5.32 Å². The van der Waals surface area contributed by atoms with Crippen LogP contribution >= 0.6 is 0 Å². The number of aromatic carboxylic acids is 1. The first-order valence-corrected chi connectivity index (χ1v) is 5.98. The fraction of sp³-hybridized carbons (Fsp3) is 0.385. The van der Waals surface area contributed by atoms with E-state index < -0.39 is 12.1 Å². The van der Waals surface area contributed by atoms with Crippen LogP contribution in [0.4, 0.5) is 5.69 Å². The molecule has 1 amide bonds. The van der Waals surface area contributed by atoms with Crippen LogP contribution in [0.15, 0.2) is 18.2 Å². The Hall–Kier alpha value is -2.08. The summed E-state index contributed by atoms with van der Waals surface area (Å²) in [6, 6.07) is 3.77. The lowest BCUT2D eigenvalue weighted by Gasteiger charge is -2.15. The van der Waals surface area contributed by atoms with Gasteiger partial charge in [0.05, 0.1) is 11.3 Å². The van der Waals surface area contributed by atoms with Gasteiger partial charge in [-0.3, -0.25) is 4.79 Å². The first kappa shape index (κ1) is 13.4. The van der Waals surface area contributed by atoms with Gasteiger partial charge in [-0.05, 0) is 30.5 Å². The molecule has 6 nitrogen and oxygen atoms in total. The number of ether oxygens (including phenoxy) is 1. The largest absolute Gasteiger partial charge is 0.506 e. The van der Waals surface area contributed by atoms with Crippen LogP contribution in [0, 0.1) is 5.92 Å². The van der Waals surface area contributed by atoms with Gasteiger partial charge in [0.1, 0.15) is 11.9 Å². The highest BCUT2D eigenvalue weighted by molar-refractivity contribution is 5.97. The minimum Gasteiger partial charge on any atom is -0.506 e. The summed E-state index contributed by atoms with van der Waals surface area (Å²) < 4.78 is 5.31. The van der Waals surface area contributed by atoms with Gasteiger partial charge in [-0.15, -0.1) is 0 Å². The van der Waals surface area contributed by atoms with Gasteiger partial charge < -0.3 is 20.3 Å². The van der Waals surface area contributed by atoms with Gasteiger partial charge in [-0.2, -0.15) is 0 Å². The number of hydrogen-bond donors (Lipinski definition) is 3. The Balaban J connectivity index is 2.11. The van der Waals surface area contributed by atoms with Crippen molar-refractivity contribution in [1.29, 1.82) is 0 Å². The standard InChI is InChI=1S/C13H15NO5/c1-7-4-5-19-11(7)12(16)14-9-3-2-8(13(17)18)6-10(9)15/h2-3,6-7,11,15H,4-5H2,1H3,(H,14,16)(H,17,18). The van der Waals surface area contributed by atoms with Crippen molar-refractivity contribution in [1.82, 2.24) is 0 Å². The predicted octanol–water partition coefficient (Wildman–Crippen LogP) is 1.45. The summed E-state index contributed by atoms with van der Waals surface area (Å²) in [5.74, 6) is -1.62. The van der Waals surface area contributed by atoms with E-state index in [0.717, 1.165) is 12.5 Å². The molecule has 2 unspecified atom stereocenters. The summed E-state index contributed by atoms with van der Waals surface area (Å²) in [7, 11) is 0. The van der Waals surface area contributed by atoms with E-state index in [0.29, 0.717) is 6.61 Å². The van der Waals surface area contributed by atoms with Crippen LogP contribution in [-0.2, 0) is 9.53 Å². The van der Waals surface area contributed by atoms with Gasteiger partial charge in [0.15, 0.2) is 0 Å². The molecule has 2 rings (SSSR count). The maximum absolute atomic E-state index is 11.9. The molecular formula is C13H15NO5. The maximum Gasteiger partial charge on any atom is 0.335 e. The van der Waals surface area contributed by atoms with Crippen LogP contribution in [0.25, 0.3) is 0 Å². The van der Waals surface area contributed by atoms with E-state index in [2.05, 4.69) is 5.32 Å². The van der Waals surface area contributed by atoms with E-state index in [1.54, 1.807) is 0 Å². The highest BCUT2D eigenvalue weighted by Gasteiger charge is 2.31. The van der Waals surface area contributed by atoms with Crippen molar-refractivity contribution < 1.29 is 24.5 Å². The Morgan fingerprint density at radius 3 is 2.68 bits per heavy atom. The molecule has 0 bridgehead atoms. The van der Waals surface area contributed by atoms with E-state index in [9.17, 15) is 14.7 Å². The van der Waals surface area contributed by atoms with Crippen molar-refractivity contribution in [2.45, 2.75) is 19.4 Å². The summed E-state index contributed by atoms with van der Waals surface area (Å²) >= 11 is 0. The van der Waals surface area contributed by atoms with Gasteiger partial charge in [-0.25, -0.2) is 4.79 Å². The molecule has 0 saturated carbocycles. The topological polar surface area (TPSA) is 95.9 Å². The number of aromatic hydroxyl groups is 1. The number of benzene rings is 1. The quantitative estimate of drug-likeness (QED) is 0.719. The van der Waals surface area contributed by atoms with E-state index in [1.807, 2.05) is 6.92 Å². The minimum atomic E-state index is -1.14. The van der Waals surface area contributed by atoms with Crippen LogP contribution in [0.3, 0.4) is 0 Å². The monoisotopic (exact) mass is 265 g/mol. The van der Waals surface area contributed by atoms with Crippen molar-refractivity contribution in [3.63, 3.8) is 0 Å². The molecule has 19 heavy (non-hydrogen) atoms. The molecule has 0 radical (unpaired) electrons. The van der Waals surface area contributed by atoms with E-state index in [-0.39, 0.29) is 28.8 Å². The Bertz CT molecular complexity index is 514. The van der Waals surface area contributed by atoms with Gasteiger partial charge in [0, 0.05) is 6.61 Å². The number of rotatable bonds is 3. The fourth-order valence-electron chi connectivity index (χ4n) is 2.00. The average molecular weight is 265 g/mol. The molecule has 0 aliphatic carbocycles. The summed E-state index contributed by atoms with van der Waals surface area (Å²) in [6.07, 6.45) is 0.292. The second kappa shape index (κ2) is 5.27. The number of phenolic OH excluding ortho intramolecular Hbond substituents is 1. The predicted molar refractivity (Wildman–Crippen MR) is 67.2 cm³/mol. The molecule has 0 aromatic heterocycles. The minimum absolute atomic E-state index is 0.0408. The van der Waals surface area contributed by atoms with Crippen LogP contribution in [-0.4, -0.2) is 34.8 Å². The number of carboxylic acids is 1. The van der Waals surface area contributed by atoms with E-state index in [1.165, 1.54) is 12.1 Å². The highest BCUT2D eigenvalue weighted by Crippen LogP contribution is 2.27. The zero-order valence-corrected chi connectivity index (χ0v) is 10.4. The number of carbonyl (C=O) groups is 2. The smallest absolute Gasteiger partial charge is 0.335 e. The Kier molecular flexibility index (Phi) is 3.71. The molecule has 0 spiro atoms. The lowest BCUT2D eigenvalue weighted by Crippen LogP contribution is -2.31. The molecule has 1 aliphatic heterocycles. The van der Waals surface area contributed by atoms with E-state index in [4.69, 9.17) is 9.84 Å². The molecule has 1 aromatic rings. The summed E-state index contributed by atoms with van der Waals surface area (Å²) in [5.41, 5.74) is 0.138. The average Bonchev–Trinajstić information content (AvgIpc) is 2.77. The molecule has 2 atom stereocenters. The number of anilines is 1. The Morgan fingerprint density at radius 1 is 1.42 bits per heavy atom. The number of carboxylic acid groups (broad SMARTS) is 1. The van der Waals surface area contributed by atoms with Crippen molar-refractivity contribution in [3.05, 3.63) is 23.8 Å². The molecular weight excluding hydrogens is 250 g/mol. The maximum atomic E-state index is 11.9.